The fourth-order valence-corrected chi connectivity index (χ4v) is 2.50. The highest BCUT2D eigenvalue weighted by Gasteiger charge is 2.23. The molecular weight excluding hydrogens is 392 g/mol. The Morgan fingerprint density at radius 2 is 2.00 bits per heavy atom. The van der Waals surface area contributed by atoms with E-state index < -0.39 is 16.2 Å². The molecule has 1 aromatic carbocycles. The second-order valence-electron chi connectivity index (χ2n) is 5.03. The number of halogens is 1. The van der Waals surface area contributed by atoms with Gasteiger partial charge in [0.25, 0.3) is 0 Å². The quantitative estimate of drug-likeness (QED) is 0.385. The summed E-state index contributed by atoms with van der Waals surface area (Å²) in [6.07, 6.45) is 1.44. The molecule has 3 aromatic rings. The van der Waals surface area contributed by atoms with Gasteiger partial charge in [0.05, 0.1) is 11.5 Å². The lowest BCUT2D eigenvalue weighted by atomic mass is 10.3. The number of nitrogens with one attached hydrogen (secondary N) is 1. The fraction of sp³-hybridized carbons (Fsp3) is 0.125. The van der Waals surface area contributed by atoms with Crippen molar-refractivity contribution in [3.63, 3.8) is 0 Å². The molecule has 0 radical (unpaired) electrons. The SMILES string of the molecule is O=c1c([N+](=O)[O-])c(NCCOc2ccc(Br)cc2)nc2ccccn12. The maximum absolute atomic E-state index is 12.3. The first-order valence-electron chi connectivity index (χ1n) is 7.34. The van der Waals surface area contributed by atoms with Gasteiger partial charge in [-0.3, -0.25) is 19.3 Å². The lowest BCUT2D eigenvalue weighted by Gasteiger charge is -2.09. The maximum atomic E-state index is 12.3. The van der Waals surface area contributed by atoms with Crippen LogP contribution in [0.25, 0.3) is 5.65 Å². The largest absolute Gasteiger partial charge is 0.492 e. The van der Waals surface area contributed by atoms with Crippen LogP contribution in [0.5, 0.6) is 5.75 Å². The number of ether oxygens (including phenoxy) is 1. The summed E-state index contributed by atoms with van der Waals surface area (Å²) in [6.45, 7) is 0.515. The van der Waals surface area contributed by atoms with Crippen LogP contribution in [0.15, 0.2) is 57.9 Å². The topological polar surface area (TPSA) is 98.8 Å². The molecule has 0 amide bonds. The summed E-state index contributed by atoms with van der Waals surface area (Å²) in [6, 6.07) is 12.2. The maximum Gasteiger partial charge on any atom is 0.376 e. The highest BCUT2D eigenvalue weighted by molar-refractivity contribution is 9.10. The Labute approximate surface area is 150 Å². The number of anilines is 1. The average molecular weight is 405 g/mol. The zero-order chi connectivity index (χ0) is 17.8. The Morgan fingerprint density at radius 1 is 1.24 bits per heavy atom. The van der Waals surface area contributed by atoms with Crippen molar-refractivity contribution < 1.29 is 9.66 Å². The van der Waals surface area contributed by atoms with Gasteiger partial charge in [-0.2, -0.15) is 0 Å². The second-order valence-corrected chi connectivity index (χ2v) is 5.94. The minimum absolute atomic E-state index is 0.0689. The van der Waals surface area contributed by atoms with E-state index in [0.29, 0.717) is 11.4 Å². The molecule has 25 heavy (non-hydrogen) atoms. The molecule has 128 valence electrons. The Bertz CT molecular complexity index is 972. The number of nitro groups is 1. The van der Waals surface area contributed by atoms with Crippen LogP contribution in [0.2, 0.25) is 0 Å². The zero-order valence-electron chi connectivity index (χ0n) is 12.9. The predicted octanol–water partition coefficient (Wildman–Crippen LogP) is 2.86. The van der Waals surface area contributed by atoms with Crippen molar-refractivity contribution in [2.75, 3.05) is 18.5 Å². The number of nitrogens with zero attached hydrogens (tertiary/aromatic N) is 3. The molecule has 0 unspecified atom stereocenters. The van der Waals surface area contributed by atoms with Gasteiger partial charge in [-0.25, -0.2) is 4.98 Å². The molecule has 0 saturated carbocycles. The number of benzene rings is 1. The lowest BCUT2D eigenvalue weighted by molar-refractivity contribution is -0.385. The van der Waals surface area contributed by atoms with Crippen molar-refractivity contribution in [1.29, 1.82) is 0 Å². The normalized spacial score (nSPS) is 10.6. The van der Waals surface area contributed by atoms with Gasteiger partial charge in [0, 0.05) is 10.7 Å². The summed E-state index contributed by atoms with van der Waals surface area (Å²) in [5.74, 6) is 0.603. The van der Waals surface area contributed by atoms with E-state index in [1.54, 1.807) is 30.3 Å². The highest BCUT2D eigenvalue weighted by Crippen LogP contribution is 2.18. The van der Waals surface area contributed by atoms with Crippen LogP contribution in [0.1, 0.15) is 0 Å². The van der Waals surface area contributed by atoms with E-state index >= 15 is 0 Å². The third-order valence-corrected chi connectivity index (χ3v) is 3.90. The summed E-state index contributed by atoms with van der Waals surface area (Å²) < 4.78 is 7.62. The van der Waals surface area contributed by atoms with Crippen LogP contribution in [-0.4, -0.2) is 27.5 Å². The fourth-order valence-electron chi connectivity index (χ4n) is 2.24. The number of hydrogen-bond donors (Lipinski definition) is 1. The molecule has 2 aromatic heterocycles. The molecule has 0 spiro atoms. The van der Waals surface area contributed by atoms with Gasteiger partial charge in [-0.05, 0) is 36.4 Å². The van der Waals surface area contributed by atoms with Gasteiger partial charge in [-0.15, -0.1) is 0 Å². The van der Waals surface area contributed by atoms with E-state index in [9.17, 15) is 14.9 Å². The molecule has 0 aliphatic heterocycles. The number of pyridine rings is 1. The van der Waals surface area contributed by atoms with Crippen LogP contribution in [0.3, 0.4) is 0 Å². The molecule has 0 aliphatic carbocycles. The van der Waals surface area contributed by atoms with Crippen molar-refractivity contribution in [1.82, 2.24) is 9.38 Å². The summed E-state index contributed by atoms with van der Waals surface area (Å²) in [7, 11) is 0. The van der Waals surface area contributed by atoms with E-state index in [1.807, 2.05) is 12.1 Å². The Kier molecular flexibility index (Phi) is 4.94. The van der Waals surface area contributed by atoms with E-state index in [0.717, 1.165) is 8.87 Å². The van der Waals surface area contributed by atoms with Gasteiger partial charge < -0.3 is 10.1 Å². The van der Waals surface area contributed by atoms with Gasteiger partial charge in [0.2, 0.25) is 5.82 Å². The summed E-state index contributed by atoms with van der Waals surface area (Å²) in [5, 5.41) is 14.1. The Morgan fingerprint density at radius 3 is 2.72 bits per heavy atom. The summed E-state index contributed by atoms with van der Waals surface area (Å²) in [5.41, 5.74) is -0.992. The minimum atomic E-state index is -0.730. The number of fused-ring (bicyclic) bond motifs is 1. The molecule has 8 nitrogen and oxygen atoms in total. The van der Waals surface area contributed by atoms with Crippen LogP contribution in [-0.2, 0) is 0 Å². The van der Waals surface area contributed by atoms with Gasteiger partial charge >= 0.3 is 11.2 Å². The highest BCUT2D eigenvalue weighted by atomic mass is 79.9. The van der Waals surface area contributed by atoms with Gasteiger partial charge in [0.1, 0.15) is 18.0 Å². The van der Waals surface area contributed by atoms with Crippen LogP contribution in [0.4, 0.5) is 11.5 Å². The monoisotopic (exact) mass is 404 g/mol. The van der Waals surface area contributed by atoms with E-state index in [1.165, 1.54) is 6.20 Å². The number of rotatable bonds is 6. The van der Waals surface area contributed by atoms with E-state index in [4.69, 9.17) is 4.74 Å². The summed E-state index contributed by atoms with van der Waals surface area (Å²) in [4.78, 5) is 27.0. The molecule has 3 rings (SSSR count). The molecular formula is C16H13BrN4O4. The first-order chi connectivity index (χ1) is 12.1. The Balaban J connectivity index is 1.76. The standard InChI is InChI=1S/C16H13BrN4O4/c17-11-4-6-12(7-5-11)25-10-8-18-15-14(21(23)24)16(22)20-9-2-1-3-13(20)19-15/h1-7,9,18H,8,10H2. The van der Waals surface area contributed by atoms with Crippen molar-refractivity contribution in [2.24, 2.45) is 0 Å². The predicted molar refractivity (Wildman–Crippen MR) is 96.2 cm³/mol. The second kappa shape index (κ2) is 7.31. The van der Waals surface area contributed by atoms with Crippen LogP contribution < -0.4 is 15.6 Å². The smallest absolute Gasteiger partial charge is 0.376 e. The number of aromatic nitrogens is 2. The van der Waals surface area contributed by atoms with Crippen molar-refractivity contribution in [3.05, 3.63) is 73.6 Å². The molecule has 0 saturated heterocycles. The number of hydrogen-bond acceptors (Lipinski definition) is 6. The average Bonchev–Trinajstić information content (AvgIpc) is 2.60. The van der Waals surface area contributed by atoms with Crippen LogP contribution in [0, 0.1) is 10.1 Å². The minimum Gasteiger partial charge on any atom is -0.492 e. The first kappa shape index (κ1) is 16.9. The van der Waals surface area contributed by atoms with Crippen molar-refractivity contribution >= 4 is 33.1 Å². The molecule has 9 heteroatoms. The molecule has 0 bridgehead atoms. The zero-order valence-corrected chi connectivity index (χ0v) is 14.5. The van der Waals surface area contributed by atoms with E-state index in [2.05, 4.69) is 26.2 Å². The molecule has 2 heterocycles. The Hall–Kier alpha value is -2.94. The summed E-state index contributed by atoms with van der Waals surface area (Å²) >= 11 is 3.33. The third kappa shape index (κ3) is 3.77. The molecule has 0 fully saturated rings. The first-order valence-corrected chi connectivity index (χ1v) is 8.13. The third-order valence-electron chi connectivity index (χ3n) is 3.37. The molecule has 1 N–H and O–H groups in total. The van der Waals surface area contributed by atoms with Crippen molar-refractivity contribution in [3.8, 4) is 5.75 Å². The van der Waals surface area contributed by atoms with Crippen LogP contribution >= 0.6 is 15.9 Å². The van der Waals surface area contributed by atoms with E-state index in [-0.39, 0.29) is 19.0 Å². The van der Waals surface area contributed by atoms with Crippen molar-refractivity contribution in [2.45, 2.75) is 0 Å². The molecule has 0 atom stereocenters. The molecule has 0 aliphatic rings. The van der Waals surface area contributed by atoms with Gasteiger partial charge in [0.15, 0.2) is 0 Å². The van der Waals surface area contributed by atoms with Gasteiger partial charge in [-0.1, -0.05) is 22.0 Å². The lowest BCUT2D eigenvalue weighted by Crippen LogP contribution is -2.22.